The summed E-state index contributed by atoms with van der Waals surface area (Å²) < 4.78 is 8.23. The molecule has 0 radical (unpaired) electrons. The highest BCUT2D eigenvalue weighted by Gasteiger charge is 2.26. The minimum absolute atomic E-state index is 0.161. The number of aryl methyl sites for hydroxylation is 1. The van der Waals surface area contributed by atoms with Gasteiger partial charge >= 0.3 is 0 Å². The zero-order valence-corrected chi connectivity index (χ0v) is 22.2. The van der Waals surface area contributed by atoms with Crippen LogP contribution in [-0.4, -0.2) is 77.2 Å². The van der Waals surface area contributed by atoms with Crippen LogP contribution in [0.1, 0.15) is 37.7 Å². The van der Waals surface area contributed by atoms with Gasteiger partial charge in [-0.2, -0.15) is 0 Å². The molecular formula is C28H37N7O. The number of imidazole rings is 1. The molecule has 5 rings (SSSR count). The number of rotatable bonds is 7. The van der Waals surface area contributed by atoms with Gasteiger partial charge in [-0.05, 0) is 78.6 Å². The van der Waals surface area contributed by atoms with Gasteiger partial charge in [-0.15, -0.1) is 0 Å². The Bertz CT molecular complexity index is 1340. The maximum Gasteiger partial charge on any atom is 0.211 e. The first-order chi connectivity index (χ1) is 17.3. The normalized spacial score (nSPS) is 19.5. The van der Waals surface area contributed by atoms with E-state index >= 15 is 0 Å². The van der Waals surface area contributed by atoms with E-state index in [1.165, 1.54) is 0 Å². The standard InChI is InChI=1S/C28H37N7O/c1-18-16-34(17-19(2)36-18)28-32-20(3)27-15-31-25-10-7-21(13-26(25)35(27)28)22-8-9-24(30-14-22)23(29-4)11-12-33(5)6/h7-10,13-15,18-19,23,29H,11-12,16-17H2,1-6H3/t18-,19+,23?. The van der Waals surface area contributed by atoms with Gasteiger partial charge in [-0.1, -0.05) is 12.1 Å². The second-order valence-corrected chi connectivity index (χ2v) is 10.2. The predicted octanol–water partition coefficient (Wildman–Crippen LogP) is 4.08. The summed E-state index contributed by atoms with van der Waals surface area (Å²) in [5.41, 5.74) is 7.29. The molecule has 3 aromatic heterocycles. The zero-order chi connectivity index (χ0) is 25.4. The van der Waals surface area contributed by atoms with Gasteiger partial charge in [0.2, 0.25) is 5.95 Å². The molecule has 190 valence electrons. The number of nitrogens with zero attached hydrogens (tertiary/aromatic N) is 6. The molecule has 1 fully saturated rings. The number of anilines is 1. The summed E-state index contributed by atoms with van der Waals surface area (Å²) in [6.45, 7) is 8.95. The number of ether oxygens (including phenoxy) is 1. The first-order valence-electron chi connectivity index (χ1n) is 12.8. The average molecular weight is 488 g/mol. The van der Waals surface area contributed by atoms with Gasteiger partial charge in [0.1, 0.15) is 0 Å². The highest BCUT2D eigenvalue weighted by atomic mass is 16.5. The molecule has 1 aliphatic heterocycles. The van der Waals surface area contributed by atoms with E-state index in [9.17, 15) is 0 Å². The van der Waals surface area contributed by atoms with Gasteiger partial charge in [0, 0.05) is 24.8 Å². The van der Waals surface area contributed by atoms with E-state index in [-0.39, 0.29) is 18.2 Å². The SMILES string of the molecule is CNC(CCN(C)C)c1ccc(-c2ccc3ncc4c(C)nc(N5C[C@@H](C)O[C@@H](C)C5)n4c3c2)cn1. The van der Waals surface area contributed by atoms with Gasteiger partial charge in [0.15, 0.2) is 0 Å². The monoisotopic (exact) mass is 487 g/mol. The van der Waals surface area contributed by atoms with Crippen LogP contribution in [0.3, 0.4) is 0 Å². The van der Waals surface area contributed by atoms with Crippen LogP contribution in [0.15, 0.2) is 42.7 Å². The zero-order valence-electron chi connectivity index (χ0n) is 22.2. The molecular weight excluding hydrogens is 450 g/mol. The van der Waals surface area contributed by atoms with Crippen LogP contribution in [0, 0.1) is 6.92 Å². The summed E-state index contributed by atoms with van der Waals surface area (Å²) in [5.74, 6) is 0.959. The van der Waals surface area contributed by atoms with E-state index < -0.39 is 0 Å². The Morgan fingerprint density at radius 1 is 1.03 bits per heavy atom. The molecule has 0 saturated carbocycles. The number of benzene rings is 1. The van der Waals surface area contributed by atoms with Gasteiger partial charge in [-0.25, -0.2) is 4.98 Å². The topological polar surface area (TPSA) is 70.8 Å². The highest BCUT2D eigenvalue weighted by Crippen LogP contribution is 2.30. The van der Waals surface area contributed by atoms with Crippen LogP contribution < -0.4 is 10.2 Å². The molecule has 1 unspecified atom stereocenters. The smallest absolute Gasteiger partial charge is 0.211 e. The van der Waals surface area contributed by atoms with Crippen molar-refractivity contribution in [3.8, 4) is 11.1 Å². The van der Waals surface area contributed by atoms with E-state index in [1.54, 1.807) is 0 Å². The van der Waals surface area contributed by atoms with Gasteiger partial charge in [0.05, 0.1) is 52.4 Å². The first kappa shape index (κ1) is 24.6. The number of pyridine rings is 1. The fourth-order valence-corrected chi connectivity index (χ4v) is 5.20. The highest BCUT2D eigenvalue weighted by molar-refractivity contribution is 5.85. The van der Waals surface area contributed by atoms with Crippen LogP contribution >= 0.6 is 0 Å². The number of aromatic nitrogens is 4. The van der Waals surface area contributed by atoms with E-state index in [0.717, 1.165) is 71.1 Å². The molecule has 1 N–H and O–H groups in total. The summed E-state index contributed by atoms with van der Waals surface area (Å²) in [5, 5.41) is 3.40. The summed E-state index contributed by atoms with van der Waals surface area (Å²) in [7, 11) is 6.20. The number of hydrogen-bond acceptors (Lipinski definition) is 7. The molecule has 3 atom stereocenters. The van der Waals surface area contributed by atoms with Crippen molar-refractivity contribution >= 4 is 22.5 Å². The van der Waals surface area contributed by atoms with Gasteiger partial charge in [0.25, 0.3) is 0 Å². The molecule has 4 heterocycles. The minimum Gasteiger partial charge on any atom is -0.372 e. The van der Waals surface area contributed by atoms with Crippen molar-refractivity contribution in [1.29, 1.82) is 0 Å². The van der Waals surface area contributed by atoms with Crippen molar-refractivity contribution in [2.24, 2.45) is 0 Å². The van der Waals surface area contributed by atoms with Gasteiger partial charge in [-0.3, -0.25) is 14.4 Å². The van der Waals surface area contributed by atoms with Crippen molar-refractivity contribution in [2.75, 3.05) is 45.7 Å². The lowest BCUT2D eigenvalue weighted by molar-refractivity contribution is -0.00573. The lowest BCUT2D eigenvalue weighted by Crippen LogP contribution is -2.46. The third-order valence-electron chi connectivity index (χ3n) is 7.01. The molecule has 1 aliphatic rings. The van der Waals surface area contributed by atoms with E-state index in [1.807, 2.05) is 19.4 Å². The summed E-state index contributed by atoms with van der Waals surface area (Å²) in [6, 6.07) is 11.0. The van der Waals surface area contributed by atoms with Crippen molar-refractivity contribution in [2.45, 2.75) is 45.4 Å². The number of hydrogen-bond donors (Lipinski definition) is 1. The number of morpholine rings is 1. The molecule has 0 bridgehead atoms. The summed E-state index contributed by atoms with van der Waals surface area (Å²) >= 11 is 0. The maximum absolute atomic E-state index is 5.98. The largest absolute Gasteiger partial charge is 0.372 e. The Kier molecular flexibility index (Phi) is 6.92. The predicted molar refractivity (Wildman–Crippen MR) is 146 cm³/mol. The van der Waals surface area contributed by atoms with Crippen molar-refractivity contribution < 1.29 is 4.74 Å². The lowest BCUT2D eigenvalue weighted by Gasteiger charge is -2.35. The molecule has 1 aromatic carbocycles. The lowest BCUT2D eigenvalue weighted by atomic mass is 10.0. The molecule has 36 heavy (non-hydrogen) atoms. The third kappa shape index (κ3) is 4.81. The molecule has 0 amide bonds. The number of nitrogens with one attached hydrogen (secondary N) is 1. The molecule has 8 nitrogen and oxygen atoms in total. The van der Waals surface area contributed by atoms with Crippen molar-refractivity contribution in [3.63, 3.8) is 0 Å². The van der Waals surface area contributed by atoms with Gasteiger partial charge < -0.3 is 19.9 Å². The fourth-order valence-electron chi connectivity index (χ4n) is 5.20. The Morgan fingerprint density at radius 2 is 1.78 bits per heavy atom. The molecule has 1 saturated heterocycles. The molecule has 0 spiro atoms. The van der Waals surface area contributed by atoms with Crippen molar-refractivity contribution in [1.82, 2.24) is 29.6 Å². The Morgan fingerprint density at radius 3 is 2.44 bits per heavy atom. The number of fused-ring (bicyclic) bond motifs is 3. The Balaban J connectivity index is 1.53. The quantitative estimate of drug-likeness (QED) is 0.421. The van der Waals surface area contributed by atoms with Crippen LogP contribution in [0.5, 0.6) is 0 Å². The second-order valence-electron chi connectivity index (χ2n) is 10.2. The third-order valence-corrected chi connectivity index (χ3v) is 7.01. The minimum atomic E-state index is 0.161. The van der Waals surface area contributed by atoms with Crippen LogP contribution in [0.2, 0.25) is 0 Å². The Labute approximate surface area is 213 Å². The molecule has 0 aliphatic carbocycles. The fraction of sp³-hybridized carbons (Fsp3) is 0.464. The maximum atomic E-state index is 5.98. The molecule has 8 heteroatoms. The van der Waals surface area contributed by atoms with E-state index in [4.69, 9.17) is 19.7 Å². The Hall–Kier alpha value is -3.07. The average Bonchev–Trinajstić information content (AvgIpc) is 3.21. The van der Waals surface area contributed by atoms with Crippen LogP contribution in [-0.2, 0) is 4.74 Å². The first-order valence-corrected chi connectivity index (χ1v) is 12.8. The van der Waals surface area contributed by atoms with Crippen molar-refractivity contribution in [3.05, 3.63) is 54.1 Å². The van der Waals surface area contributed by atoms with E-state index in [0.29, 0.717) is 0 Å². The molecule has 4 aromatic rings. The van der Waals surface area contributed by atoms with Crippen LogP contribution in [0.25, 0.3) is 27.7 Å². The van der Waals surface area contributed by atoms with Crippen LogP contribution in [0.4, 0.5) is 5.95 Å². The second kappa shape index (κ2) is 10.1. The van der Waals surface area contributed by atoms with E-state index in [2.05, 4.69) is 84.7 Å². The summed E-state index contributed by atoms with van der Waals surface area (Å²) in [6.07, 6.45) is 5.25. The summed E-state index contributed by atoms with van der Waals surface area (Å²) in [4.78, 5) is 19.1.